The second kappa shape index (κ2) is 4.47. The van der Waals surface area contributed by atoms with Crippen LogP contribution in [0.1, 0.15) is 6.92 Å². The number of rotatable bonds is 2. The molecule has 0 saturated carbocycles. The van der Waals surface area contributed by atoms with Gasteiger partial charge in [0.2, 0.25) is 0 Å². The molecule has 0 bridgehead atoms. The second-order valence-electron chi connectivity index (χ2n) is 1.62. The zero-order valence-electron chi connectivity index (χ0n) is 6.03. The fourth-order valence-corrected chi connectivity index (χ4v) is 0.266. The minimum atomic E-state index is -4.92. The van der Waals surface area contributed by atoms with Gasteiger partial charge in [0.15, 0.2) is 0 Å². The molecule has 0 radical (unpaired) electrons. The van der Waals surface area contributed by atoms with E-state index >= 15 is 0 Å². The molecule has 11 heavy (non-hydrogen) atoms. The van der Waals surface area contributed by atoms with Crippen LogP contribution in [0.15, 0.2) is 0 Å². The van der Waals surface area contributed by atoms with Crippen molar-refractivity contribution in [3.63, 3.8) is 0 Å². The Bertz CT molecular complexity index is 164. The molecule has 2 nitrogen and oxygen atoms in total. The summed E-state index contributed by atoms with van der Waals surface area (Å²) in [4.78, 5) is 19.8. The maximum absolute atomic E-state index is 11.3. The van der Waals surface area contributed by atoms with Crippen molar-refractivity contribution in [3.05, 3.63) is 6.42 Å². The summed E-state index contributed by atoms with van der Waals surface area (Å²) in [6.45, 7) is 0.879. The molecule has 0 aliphatic heterocycles. The summed E-state index contributed by atoms with van der Waals surface area (Å²) < 4.78 is 33.8. The van der Waals surface area contributed by atoms with Crippen LogP contribution in [0, 0.1) is 6.42 Å². The van der Waals surface area contributed by atoms with Crippen molar-refractivity contribution in [2.75, 3.05) is 0 Å². The molecule has 0 aromatic heterocycles. The molecule has 0 N–H and O–H groups in total. The van der Waals surface area contributed by atoms with E-state index in [-0.39, 0.29) is 25.3 Å². The van der Waals surface area contributed by atoms with Gasteiger partial charge in [-0.05, 0) is 6.92 Å². The molecule has 0 saturated heterocycles. The largest absolute Gasteiger partial charge is 1.00 e. The molecule has 6 heteroatoms. The van der Waals surface area contributed by atoms with Gasteiger partial charge >= 0.3 is 25.0 Å². The molecular weight excluding hydrogens is 156 g/mol. The SMILES string of the molecule is CC(=O)[CH-]C(=O)C(F)(F)F.[Li+]. The summed E-state index contributed by atoms with van der Waals surface area (Å²) in [5, 5.41) is 0. The molecule has 0 spiro atoms. The smallest absolute Gasteiger partial charge is 0.334 e. The minimum absolute atomic E-state index is 0. The molecular formula is C5H4F3LiO2. The topological polar surface area (TPSA) is 34.1 Å². The number of alkyl halides is 3. The van der Waals surface area contributed by atoms with Crippen LogP contribution < -0.4 is 18.9 Å². The van der Waals surface area contributed by atoms with Gasteiger partial charge in [-0.15, -0.1) is 0 Å². The van der Waals surface area contributed by atoms with E-state index in [4.69, 9.17) is 0 Å². The predicted octanol–water partition coefficient (Wildman–Crippen LogP) is -2.08. The number of Topliss-reactive ketones (excluding diaryl/α,β-unsaturated/α-hetero) is 2. The Hall–Kier alpha value is -0.403. The summed E-state index contributed by atoms with van der Waals surface area (Å²) in [5.41, 5.74) is 0. The number of halogens is 3. The first-order valence-corrected chi connectivity index (χ1v) is 2.30. The van der Waals surface area contributed by atoms with E-state index in [9.17, 15) is 22.8 Å². The molecule has 0 heterocycles. The molecule has 0 fully saturated rings. The molecule has 0 rings (SSSR count). The third-order valence-corrected chi connectivity index (χ3v) is 0.614. The van der Waals surface area contributed by atoms with Crippen molar-refractivity contribution < 1.29 is 41.6 Å². The van der Waals surface area contributed by atoms with Crippen LogP contribution in [0.2, 0.25) is 0 Å². The van der Waals surface area contributed by atoms with Crippen LogP contribution in [-0.4, -0.2) is 17.7 Å². The number of hydrogen-bond donors (Lipinski definition) is 0. The van der Waals surface area contributed by atoms with E-state index in [0.717, 1.165) is 6.92 Å². The van der Waals surface area contributed by atoms with Crippen LogP contribution >= 0.6 is 0 Å². The van der Waals surface area contributed by atoms with E-state index in [1.54, 1.807) is 0 Å². The summed E-state index contributed by atoms with van der Waals surface area (Å²) in [7, 11) is 0. The number of ketones is 2. The number of carbonyl (C=O) groups is 2. The summed E-state index contributed by atoms with van der Waals surface area (Å²) in [6, 6.07) is 0. The Morgan fingerprint density at radius 3 is 1.73 bits per heavy atom. The Labute approximate surface area is 73.3 Å². The molecule has 0 aromatic rings. The van der Waals surface area contributed by atoms with Gasteiger partial charge in [0.25, 0.3) is 0 Å². The van der Waals surface area contributed by atoms with Gasteiger partial charge in [0, 0.05) is 5.78 Å². The predicted molar refractivity (Wildman–Crippen MR) is 26.0 cm³/mol. The van der Waals surface area contributed by atoms with Crippen molar-refractivity contribution in [2.24, 2.45) is 0 Å². The third-order valence-electron chi connectivity index (χ3n) is 0.614. The van der Waals surface area contributed by atoms with E-state index in [2.05, 4.69) is 0 Å². The van der Waals surface area contributed by atoms with Gasteiger partial charge < -0.3 is 9.59 Å². The average molecular weight is 160 g/mol. The molecule has 0 aliphatic rings. The van der Waals surface area contributed by atoms with Crippen molar-refractivity contribution >= 4 is 11.6 Å². The van der Waals surface area contributed by atoms with Gasteiger partial charge in [-0.3, -0.25) is 6.42 Å². The first kappa shape index (κ1) is 13.2. The van der Waals surface area contributed by atoms with Crippen molar-refractivity contribution in [2.45, 2.75) is 13.1 Å². The summed E-state index contributed by atoms with van der Waals surface area (Å²) >= 11 is 0. The molecule has 0 aromatic carbocycles. The van der Waals surface area contributed by atoms with E-state index in [1.165, 1.54) is 0 Å². The van der Waals surface area contributed by atoms with Crippen LogP contribution in [0.25, 0.3) is 0 Å². The van der Waals surface area contributed by atoms with Crippen molar-refractivity contribution in [3.8, 4) is 0 Å². The maximum Gasteiger partial charge on any atom is 1.00 e. The van der Waals surface area contributed by atoms with Gasteiger partial charge in [0.05, 0.1) is 0 Å². The van der Waals surface area contributed by atoms with Gasteiger partial charge in [-0.1, -0.05) is 0 Å². The third kappa shape index (κ3) is 6.01. The second-order valence-corrected chi connectivity index (χ2v) is 1.62. The Kier molecular flexibility index (Phi) is 5.37. The van der Waals surface area contributed by atoms with Gasteiger partial charge in [-0.2, -0.15) is 13.2 Å². The van der Waals surface area contributed by atoms with Gasteiger partial charge in [0.1, 0.15) is 5.78 Å². The average Bonchev–Trinajstić information content (AvgIpc) is 1.60. The minimum Gasteiger partial charge on any atom is -0.334 e. The van der Waals surface area contributed by atoms with E-state index in [1.807, 2.05) is 0 Å². The fourth-order valence-electron chi connectivity index (χ4n) is 0.266. The zero-order chi connectivity index (χ0) is 8.36. The quantitative estimate of drug-likeness (QED) is 0.264. The Morgan fingerprint density at radius 1 is 1.27 bits per heavy atom. The molecule has 0 aliphatic carbocycles. The summed E-state index contributed by atoms with van der Waals surface area (Å²) in [5.74, 6) is -3.01. The van der Waals surface area contributed by atoms with Gasteiger partial charge in [-0.25, -0.2) is 0 Å². The standard InChI is InChI=1S/C5H4F3O2.Li/c1-3(9)2-4(10)5(6,7)8;/h2H,1H3;/q-1;+1. The maximum atomic E-state index is 11.3. The Morgan fingerprint density at radius 2 is 1.64 bits per heavy atom. The molecule has 0 atom stereocenters. The fraction of sp³-hybridized carbons (Fsp3) is 0.400. The summed E-state index contributed by atoms with van der Waals surface area (Å²) in [6.07, 6.45) is -4.91. The molecule has 0 amide bonds. The van der Waals surface area contributed by atoms with Crippen molar-refractivity contribution in [1.82, 2.24) is 0 Å². The van der Waals surface area contributed by atoms with Crippen molar-refractivity contribution in [1.29, 1.82) is 0 Å². The Balaban J connectivity index is 0. The van der Waals surface area contributed by atoms with E-state index < -0.39 is 17.7 Å². The molecule has 0 unspecified atom stereocenters. The van der Waals surface area contributed by atoms with Crippen LogP contribution in [-0.2, 0) is 9.59 Å². The van der Waals surface area contributed by atoms with Crippen LogP contribution in [0.4, 0.5) is 13.2 Å². The number of hydrogen-bond acceptors (Lipinski definition) is 2. The first-order valence-electron chi connectivity index (χ1n) is 2.30. The van der Waals surface area contributed by atoms with Crippen LogP contribution in [0.5, 0.6) is 0 Å². The molecule has 58 valence electrons. The normalized spacial score (nSPS) is 9.82. The first-order chi connectivity index (χ1) is 4.34. The van der Waals surface area contributed by atoms with E-state index in [0.29, 0.717) is 0 Å². The van der Waals surface area contributed by atoms with Crippen LogP contribution in [0.3, 0.4) is 0 Å². The monoisotopic (exact) mass is 160 g/mol. The number of carbonyl (C=O) groups excluding carboxylic acids is 2. The zero-order valence-corrected chi connectivity index (χ0v) is 6.03.